The first kappa shape index (κ1) is 27.2. The van der Waals surface area contributed by atoms with Gasteiger partial charge in [0.15, 0.2) is 0 Å². The molecular weight excluding hydrogens is 488 g/mol. The highest BCUT2D eigenvalue weighted by molar-refractivity contribution is 6.08. The molecule has 1 aromatic heterocycles. The van der Waals surface area contributed by atoms with Gasteiger partial charge in [0.2, 0.25) is 0 Å². The van der Waals surface area contributed by atoms with Crippen LogP contribution in [0.4, 0.5) is 17.2 Å². The predicted octanol–water partition coefficient (Wildman–Crippen LogP) is 4.98. The highest BCUT2D eigenvalue weighted by Gasteiger charge is 2.27. The van der Waals surface area contributed by atoms with Crippen molar-refractivity contribution in [1.82, 2.24) is 19.6 Å². The second-order valence-corrected chi connectivity index (χ2v) is 11.4. The summed E-state index contributed by atoms with van der Waals surface area (Å²) in [4.78, 5) is 20.8. The molecule has 0 atom stereocenters. The van der Waals surface area contributed by atoms with E-state index in [1.54, 1.807) is 0 Å². The molecule has 8 nitrogen and oxygen atoms in total. The Bertz CT molecular complexity index is 1310. The van der Waals surface area contributed by atoms with E-state index in [-0.39, 0.29) is 5.91 Å². The zero-order valence-corrected chi connectivity index (χ0v) is 24.0. The fourth-order valence-electron chi connectivity index (χ4n) is 5.59. The molecule has 0 spiro atoms. The lowest BCUT2D eigenvalue weighted by molar-refractivity contribution is 0.0985. The lowest BCUT2D eigenvalue weighted by Gasteiger charge is -2.35. The maximum atomic E-state index is 13.8. The molecule has 1 saturated heterocycles. The summed E-state index contributed by atoms with van der Waals surface area (Å²) in [5.74, 6) is 2.45. The van der Waals surface area contributed by atoms with Gasteiger partial charge >= 0.3 is 0 Å². The number of anilines is 3. The Labute approximate surface area is 232 Å². The number of benzene rings is 2. The molecule has 1 amide bonds. The third kappa shape index (κ3) is 6.28. The average molecular weight is 531 g/mol. The second-order valence-electron chi connectivity index (χ2n) is 11.4. The van der Waals surface area contributed by atoms with Gasteiger partial charge in [-0.2, -0.15) is 5.10 Å². The van der Waals surface area contributed by atoms with E-state index in [4.69, 9.17) is 4.74 Å². The van der Waals surface area contributed by atoms with Crippen LogP contribution < -0.4 is 15.0 Å². The van der Waals surface area contributed by atoms with E-state index >= 15 is 0 Å². The number of hydrogen-bond donors (Lipinski definition) is 1. The molecule has 2 aromatic carbocycles. The van der Waals surface area contributed by atoms with Crippen molar-refractivity contribution >= 4 is 23.1 Å². The van der Waals surface area contributed by atoms with Gasteiger partial charge < -0.3 is 24.8 Å². The first-order valence-electron chi connectivity index (χ1n) is 14.2. The van der Waals surface area contributed by atoms with Crippen LogP contribution in [0.2, 0.25) is 0 Å². The standard InChI is InChI=1S/C31H42N6O2/c1-22(2)20-36-14-12-35(13-15-36)11-6-16-39-29-10-8-25(18-24(29)4)31(38)37-21-26-19-32-34(5)30(26)33-27-17-23(3)7-9-28(27)37/h7-10,17-19,22,33H,6,11-16,20-21H2,1-5H3. The van der Waals surface area contributed by atoms with E-state index in [1.807, 2.05) is 60.1 Å². The average Bonchev–Trinajstić information content (AvgIpc) is 3.15. The van der Waals surface area contributed by atoms with Crippen molar-refractivity contribution in [2.75, 3.05) is 56.1 Å². The molecule has 0 saturated carbocycles. The molecule has 1 fully saturated rings. The van der Waals surface area contributed by atoms with Crippen molar-refractivity contribution in [3.05, 3.63) is 64.8 Å². The van der Waals surface area contributed by atoms with E-state index < -0.39 is 0 Å². The molecule has 0 radical (unpaired) electrons. The van der Waals surface area contributed by atoms with Gasteiger partial charge in [-0.3, -0.25) is 9.48 Å². The number of aromatic nitrogens is 2. The third-order valence-corrected chi connectivity index (χ3v) is 7.67. The number of piperazine rings is 1. The first-order chi connectivity index (χ1) is 18.8. The quantitative estimate of drug-likeness (QED) is 0.414. The number of nitrogens with zero attached hydrogens (tertiary/aromatic N) is 5. The number of amides is 1. The lowest BCUT2D eigenvalue weighted by atomic mass is 10.1. The van der Waals surface area contributed by atoms with E-state index in [9.17, 15) is 4.79 Å². The molecule has 1 N–H and O–H groups in total. The van der Waals surface area contributed by atoms with Crippen LogP contribution in [-0.4, -0.2) is 71.4 Å². The minimum Gasteiger partial charge on any atom is -0.493 e. The van der Waals surface area contributed by atoms with Crippen LogP contribution in [0.5, 0.6) is 5.75 Å². The van der Waals surface area contributed by atoms with E-state index in [0.717, 1.165) is 84.7 Å². The fourth-order valence-corrected chi connectivity index (χ4v) is 5.59. The highest BCUT2D eigenvalue weighted by atomic mass is 16.5. The van der Waals surface area contributed by atoms with Gasteiger partial charge in [-0.25, -0.2) is 0 Å². The van der Waals surface area contributed by atoms with Crippen molar-refractivity contribution in [1.29, 1.82) is 0 Å². The lowest BCUT2D eigenvalue weighted by Crippen LogP contribution is -2.47. The third-order valence-electron chi connectivity index (χ3n) is 7.67. The summed E-state index contributed by atoms with van der Waals surface area (Å²) in [6, 6.07) is 11.9. The SMILES string of the molecule is Cc1ccc2c(c1)Nc1c(cnn1C)CN2C(=O)c1ccc(OCCCN2CCN(CC(C)C)CC2)c(C)c1. The Morgan fingerprint density at radius 2 is 1.82 bits per heavy atom. The number of hydrogen-bond acceptors (Lipinski definition) is 6. The molecule has 3 heterocycles. The van der Waals surface area contributed by atoms with E-state index in [1.165, 1.54) is 6.54 Å². The largest absolute Gasteiger partial charge is 0.493 e. The van der Waals surface area contributed by atoms with Crippen molar-refractivity contribution in [2.45, 2.75) is 40.7 Å². The van der Waals surface area contributed by atoms with Crippen molar-refractivity contribution in [2.24, 2.45) is 13.0 Å². The summed E-state index contributed by atoms with van der Waals surface area (Å²) < 4.78 is 7.96. The van der Waals surface area contributed by atoms with E-state index in [2.05, 4.69) is 47.1 Å². The van der Waals surface area contributed by atoms with E-state index in [0.29, 0.717) is 18.7 Å². The van der Waals surface area contributed by atoms with Crippen LogP contribution in [0.3, 0.4) is 0 Å². The minimum atomic E-state index is -0.0372. The van der Waals surface area contributed by atoms with Crippen LogP contribution in [-0.2, 0) is 13.6 Å². The van der Waals surface area contributed by atoms with Gasteiger partial charge in [-0.1, -0.05) is 19.9 Å². The normalized spacial score (nSPS) is 16.0. The number of carbonyl (C=O) groups excluding carboxylic acids is 1. The Morgan fingerprint density at radius 1 is 1.05 bits per heavy atom. The van der Waals surface area contributed by atoms with Gasteiger partial charge in [0.25, 0.3) is 5.91 Å². The molecule has 2 aliphatic heterocycles. The van der Waals surface area contributed by atoms with Gasteiger partial charge in [0.05, 0.1) is 30.7 Å². The number of rotatable bonds is 8. The first-order valence-corrected chi connectivity index (χ1v) is 14.2. The maximum absolute atomic E-state index is 13.8. The minimum absolute atomic E-state index is 0.0372. The Morgan fingerprint density at radius 3 is 2.56 bits per heavy atom. The molecule has 3 aromatic rings. The van der Waals surface area contributed by atoms with Crippen LogP contribution in [0.15, 0.2) is 42.6 Å². The Balaban J connectivity index is 1.20. The summed E-state index contributed by atoms with van der Waals surface area (Å²) in [5, 5.41) is 7.89. The number of ether oxygens (including phenoxy) is 1. The summed E-state index contributed by atoms with van der Waals surface area (Å²) >= 11 is 0. The van der Waals surface area contributed by atoms with Crippen molar-refractivity contribution < 1.29 is 9.53 Å². The molecule has 0 aliphatic carbocycles. The molecule has 2 aliphatic rings. The molecule has 0 bridgehead atoms. The van der Waals surface area contributed by atoms with Crippen LogP contribution >= 0.6 is 0 Å². The molecule has 208 valence electrons. The van der Waals surface area contributed by atoms with Gasteiger partial charge in [-0.05, 0) is 67.6 Å². The molecule has 8 heteroatoms. The topological polar surface area (TPSA) is 65.9 Å². The number of carbonyl (C=O) groups is 1. The summed E-state index contributed by atoms with van der Waals surface area (Å²) in [5.41, 5.74) is 5.51. The fraction of sp³-hybridized carbons (Fsp3) is 0.484. The summed E-state index contributed by atoms with van der Waals surface area (Å²) in [7, 11) is 1.91. The summed E-state index contributed by atoms with van der Waals surface area (Å²) in [6.07, 6.45) is 2.82. The summed E-state index contributed by atoms with van der Waals surface area (Å²) in [6.45, 7) is 16.6. The molecule has 39 heavy (non-hydrogen) atoms. The zero-order chi connectivity index (χ0) is 27.5. The van der Waals surface area contributed by atoms with Crippen LogP contribution in [0, 0.1) is 19.8 Å². The zero-order valence-electron chi connectivity index (χ0n) is 24.0. The van der Waals surface area contributed by atoms with Gasteiger partial charge in [0.1, 0.15) is 11.6 Å². The smallest absolute Gasteiger partial charge is 0.258 e. The van der Waals surface area contributed by atoms with Gasteiger partial charge in [-0.15, -0.1) is 0 Å². The van der Waals surface area contributed by atoms with Crippen molar-refractivity contribution in [3.8, 4) is 5.75 Å². The number of aryl methyl sites for hydroxylation is 3. The number of nitrogens with one attached hydrogen (secondary N) is 1. The van der Waals surface area contributed by atoms with Crippen molar-refractivity contribution in [3.63, 3.8) is 0 Å². The number of fused-ring (bicyclic) bond motifs is 2. The monoisotopic (exact) mass is 530 g/mol. The molecule has 0 unspecified atom stereocenters. The van der Waals surface area contributed by atoms with Crippen LogP contribution in [0.25, 0.3) is 0 Å². The maximum Gasteiger partial charge on any atom is 0.258 e. The second kappa shape index (κ2) is 11.8. The Hall–Kier alpha value is -3.36. The predicted molar refractivity (Wildman–Crippen MR) is 157 cm³/mol. The highest BCUT2D eigenvalue weighted by Crippen LogP contribution is 2.37. The molecule has 5 rings (SSSR count). The van der Waals surface area contributed by atoms with Gasteiger partial charge in [0, 0.05) is 57.4 Å². The van der Waals surface area contributed by atoms with Crippen LogP contribution in [0.1, 0.15) is 47.3 Å². The Kier molecular flexibility index (Phi) is 8.23. The molecular formula is C31H42N6O2.